The molecule has 12 rings (SSSR count). The Balaban J connectivity index is 1.32. The minimum absolute atomic E-state index is 0.0230. The molecule has 0 radical (unpaired) electrons. The first-order chi connectivity index (χ1) is 29.7. The molecule has 2 aliphatic heterocycles. The minimum atomic E-state index is -0.487. The number of benzene rings is 7. The van der Waals surface area contributed by atoms with E-state index in [1.165, 1.54) is 0 Å². The standard InChI is InChI=1S/C46H28BN5S/c1-2-13-29(14-3-1)50-38-22-10-7-18-34(38)47-43-40(50)27-30(51-36-20-8-4-15-31(36)32-16-5-9-21-37(32)51)28-41(43)52(39-23-12-19-35-44(39)49-26-25-48-35)45-33-17-6-11-24-42(33)53-46(45)47/h1-28H/i4D,5D,8D,9D,15D,16D,20D,21D. The van der Waals surface area contributed by atoms with Crippen molar-refractivity contribution < 1.29 is 11.0 Å². The van der Waals surface area contributed by atoms with E-state index in [1.54, 1.807) is 28.3 Å². The van der Waals surface area contributed by atoms with Gasteiger partial charge in [-0.05, 0) is 71.5 Å². The van der Waals surface area contributed by atoms with Crippen molar-refractivity contribution in [1.29, 1.82) is 0 Å². The molecular weight excluding hydrogens is 665 g/mol. The Morgan fingerprint density at radius 3 is 2.08 bits per heavy atom. The average molecular weight is 702 g/mol. The highest BCUT2D eigenvalue weighted by Gasteiger charge is 2.45. The third-order valence-electron chi connectivity index (χ3n) is 10.5. The van der Waals surface area contributed by atoms with Crippen molar-refractivity contribution in [3.63, 3.8) is 0 Å². The minimum Gasteiger partial charge on any atom is -0.311 e. The molecule has 3 aromatic heterocycles. The summed E-state index contributed by atoms with van der Waals surface area (Å²) in [4.78, 5) is 14.0. The van der Waals surface area contributed by atoms with E-state index in [4.69, 9.17) is 18.2 Å². The van der Waals surface area contributed by atoms with Crippen LogP contribution in [0.1, 0.15) is 11.0 Å². The molecule has 0 bridgehead atoms. The second-order valence-electron chi connectivity index (χ2n) is 13.2. The van der Waals surface area contributed by atoms with Crippen molar-refractivity contribution >= 4 is 111 Å². The summed E-state index contributed by atoms with van der Waals surface area (Å²) in [6.45, 7) is -0.229. The zero-order valence-electron chi connectivity index (χ0n) is 35.8. The molecule has 0 amide bonds. The number of hydrogen-bond donors (Lipinski definition) is 0. The highest BCUT2D eigenvalue weighted by molar-refractivity contribution is 7.33. The number of anilines is 6. The summed E-state index contributed by atoms with van der Waals surface area (Å²) < 4.78 is 75.9. The summed E-state index contributed by atoms with van der Waals surface area (Å²) in [6.07, 6.45) is 3.36. The molecule has 5 nitrogen and oxygen atoms in total. The van der Waals surface area contributed by atoms with Gasteiger partial charge in [-0.25, -0.2) is 0 Å². The first kappa shape index (κ1) is 22.3. The second kappa shape index (κ2) is 10.9. The Morgan fingerprint density at radius 1 is 0.566 bits per heavy atom. The molecule has 246 valence electrons. The molecule has 0 unspecified atom stereocenters. The zero-order valence-corrected chi connectivity index (χ0v) is 28.6. The predicted molar refractivity (Wildman–Crippen MR) is 223 cm³/mol. The number of nitrogens with zero attached hydrogens (tertiary/aromatic N) is 5. The van der Waals surface area contributed by atoms with Crippen LogP contribution in [0, 0.1) is 0 Å². The van der Waals surface area contributed by atoms with Crippen LogP contribution >= 0.6 is 11.3 Å². The molecule has 0 spiro atoms. The molecule has 0 atom stereocenters. The van der Waals surface area contributed by atoms with Crippen molar-refractivity contribution in [1.82, 2.24) is 14.5 Å². The third kappa shape index (κ3) is 3.97. The number of aromatic nitrogens is 3. The van der Waals surface area contributed by atoms with Gasteiger partial charge in [-0.1, -0.05) is 96.9 Å². The van der Waals surface area contributed by atoms with Gasteiger partial charge in [-0.3, -0.25) is 9.97 Å². The maximum absolute atomic E-state index is 9.37. The lowest BCUT2D eigenvalue weighted by molar-refractivity contribution is 1.16. The zero-order chi connectivity index (χ0) is 41.6. The summed E-state index contributed by atoms with van der Waals surface area (Å²) >= 11 is 1.75. The van der Waals surface area contributed by atoms with Gasteiger partial charge in [-0.15, -0.1) is 11.3 Å². The van der Waals surface area contributed by atoms with Gasteiger partial charge in [0.05, 0.1) is 44.6 Å². The lowest BCUT2D eigenvalue weighted by Crippen LogP contribution is -2.60. The monoisotopic (exact) mass is 701 g/mol. The smallest absolute Gasteiger partial charge is 0.264 e. The largest absolute Gasteiger partial charge is 0.311 e. The molecule has 0 fully saturated rings. The van der Waals surface area contributed by atoms with Crippen molar-refractivity contribution in [3.8, 4) is 5.69 Å². The predicted octanol–water partition coefficient (Wildman–Crippen LogP) is 10.0. The quantitative estimate of drug-likeness (QED) is 0.172. The van der Waals surface area contributed by atoms with Gasteiger partial charge in [0.1, 0.15) is 5.52 Å². The highest BCUT2D eigenvalue weighted by Crippen LogP contribution is 2.49. The number of thiophene rings is 1. The summed E-state index contributed by atoms with van der Waals surface area (Å²) in [7, 11) is 0. The van der Waals surface area contributed by atoms with E-state index in [2.05, 4.69) is 52.3 Å². The number of fused-ring (bicyclic) bond motifs is 10. The van der Waals surface area contributed by atoms with Gasteiger partial charge in [-0.2, -0.15) is 0 Å². The molecular formula is C46H28BN5S. The molecule has 10 aromatic rings. The SMILES string of the molecule is [2H]c1c([2H])c([2H])c2c(c1[2H])c1c([2H])c([2H])c([2H])c([2H])c1n2-c1cc2c3c(c1)N(c1cccc4nccnc14)c1c(sc4ccccc14)B3c1ccccc1N2c1ccccc1. The highest BCUT2D eigenvalue weighted by atomic mass is 32.1. The number of hydrogen-bond acceptors (Lipinski definition) is 5. The van der Waals surface area contributed by atoms with Crippen LogP contribution in [0.15, 0.2) is 170 Å². The van der Waals surface area contributed by atoms with Crippen molar-refractivity contribution in [2.24, 2.45) is 0 Å². The van der Waals surface area contributed by atoms with Crippen LogP contribution in [0.4, 0.5) is 34.1 Å². The van der Waals surface area contributed by atoms with Crippen molar-refractivity contribution in [2.45, 2.75) is 0 Å². The summed E-state index contributed by atoms with van der Waals surface area (Å²) in [6, 6.07) is 33.3. The van der Waals surface area contributed by atoms with Crippen LogP contribution < -0.4 is 25.5 Å². The molecule has 5 heterocycles. The molecule has 7 aromatic carbocycles. The molecule has 0 saturated heterocycles. The lowest BCUT2D eigenvalue weighted by Gasteiger charge is -2.43. The van der Waals surface area contributed by atoms with Crippen LogP contribution in [0.2, 0.25) is 0 Å². The third-order valence-corrected chi connectivity index (χ3v) is 11.7. The molecule has 7 heteroatoms. The van der Waals surface area contributed by atoms with Crippen molar-refractivity contribution in [3.05, 3.63) is 170 Å². The Bertz CT molecular complexity index is 3490. The van der Waals surface area contributed by atoms with Gasteiger partial charge in [0.2, 0.25) is 0 Å². The van der Waals surface area contributed by atoms with Gasteiger partial charge < -0.3 is 14.4 Å². The van der Waals surface area contributed by atoms with Crippen molar-refractivity contribution in [2.75, 3.05) is 9.80 Å². The van der Waals surface area contributed by atoms with Crippen LogP contribution in [-0.4, -0.2) is 21.2 Å². The van der Waals surface area contributed by atoms with E-state index in [0.717, 1.165) is 59.9 Å². The maximum atomic E-state index is 9.37. The second-order valence-corrected chi connectivity index (χ2v) is 14.3. The lowest BCUT2D eigenvalue weighted by atomic mass is 9.36. The van der Waals surface area contributed by atoms with E-state index in [0.29, 0.717) is 16.7 Å². The summed E-state index contributed by atoms with van der Waals surface area (Å²) in [5.41, 5.74) is 9.25. The van der Waals surface area contributed by atoms with Crippen LogP contribution in [-0.2, 0) is 0 Å². The van der Waals surface area contributed by atoms with Gasteiger partial charge >= 0.3 is 0 Å². The summed E-state index contributed by atoms with van der Waals surface area (Å²) in [5.74, 6) is 0. The maximum Gasteiger partial charge on any atom is 0.264 e. The normalized spacial score (nSPS) is 15.3. The van der Waals surface area contributed by atoms with E-state index in [9.17, 15) is 2.74 Å². The Labute approximate surface area is 321 Å². The van der Waals surface area contributed by atoms with E-state index >= 15 is 0 Å². The molecule has 0 N–H and O–H groups in total. The topological polar surface area (TPSA) is 37.2 Å². The average Bonchev–Trinajstić information content (AvgIpc) is 3.86. The number of para-hydroxylation sites is 5. The van der Waals surface area contributed by atoms with E-state index in [1.807, 2.05) is 66.7 Å². The Morgan fingerprint density at radius 2 is 1.25 bits per heavy atom. The molecule has 0 saturated carbocycles. The molecule has 2 aliphatic rings. The fourth-order valence-corrected chi connectivity index (χ4v) is 9.75. The molecule has 53 heavy (non-hydrogen) atoms. The fraction of sp³-hybridized carbons (Fsp3) is 0. The first-order valence-electron chi connectivity index (χ1n) is 21.3. The van der Waals surface area contributed by atoms with Gasteiger partial charge in [0.25, 0.3) is 6.71 Å². The van der Waals surface area contributed by atoms with Gasteiger partial charge in [0, 0.05) is 60.8 Å². The first-order valence-corrected chi connectivity index (χ1v) is 18.1. The van der Waals surface area contributed by atoms with Crippen LogP contribution in [0.25, 0.3) is 48.6 Å². The Hall–Kier alpha value is -6.70. The molecule has 0 aliphatic carbocycles. The van der Waals surface area contributed by atoms with E-state index < -0.39 is 24.2 Å². The fourth-order valence-electron chi connectivity index (χ4n) is 8.44. The summed E-state index contributed by atoms with van der Waals surface area (Å²) in [5, 5.41) is 1.09. The van der Waals surface area contributed by atoms with E-state index in [-0.39, 0.29) is 52.7 Å². The van der Waals surface area contributed by atoms with Gasteiger partial charge in [0.15, 0.2) is 0 Å². The van der Waals surface area contributed by atoms with Crippen LogP contribution in [0.5, 0.6) is 0 Å². The van der Waals surface area contributed by atoms with Crippen LogP contribution in [0.3, 0.4) is 0 Å². The Kier molecular flexibility index (Phi) is 4.59. The number of rotatable bonds is 3.